The summed E-state index contributed by atoms with van der Waals surface area (Å²) >= 11 is 1.45. The highest BCUT2D eigenvalue weighted by molar-refractivity contribution is 7.99. The highest BCUT2D eigenvalue weighted by Gasteiger charge is 2.41. The summed E-state index contributed by atoms with van der Waals surface area (Å²) in [6.07, 6.45) is -4.49. The van der Waals surface area contributed by atoms with Crippen molar-refractivity contribution in [2.24, 2.45) is 0 Å². The third kappa shape index (κ3) is 9.42. The maximum absolute atomic E-state index is 14.0. The summed E-state index contributed by atoms with van der Waals surface area (Å²) in [5.74, 6) is 0.567. The van der Waals surface area contributed by atoms with Crippen LogP contribution < -0.4 is 4.74 Å². The molecule has 0 aliphatic rings. The van der Waals surface area contributed by atoms with E-state index in [1.165, 1.54) is 17.8 Å². The van der Waals surface area contributed by atoms with Gasteiger partial charge < -0.3 is 22.0 Å². The van der Waals surface area contributed by atoms with E-state index in [9.17, 15) is 35.2 Å². The van der Waals surface area contributed by atoms with Crippen molar-refractivity contribution in [3.63, 3.8) is 0 Å². The molecular formula is C33H24BF7O2S2. The van der Waals surface area contributed by atoms with E-state index in [2.05, 4.69) is 0 Å². The average Bonchev–Trinajstić information content (AvgIpc) is 3.02. The molecule has 12 heteroatoms. The van der Waals surface area contributed by atoms with Crippen molar-refractivity contribution in [2.45, 2.75) is 30.7 Å². The molecule has 232 valence electrons. The maximum atomic E-state index is 14.0. The SMILES string of the molecule is COc1ccc([S+](c2ccc(Sc3ccccc3C(=O)c3ccccc3)cc2)c2ccccc2C(F)(F)F)cc1.F[B-](F)(F)F. The van der Waals surface area contributed by atoms with Gasteiger partial charge in [-0.1, -0.05) is 66.4 Å². The fourth-order valence-corrected chi connectivity index (χ4v) is 7.40. The van der Waals surface area contributed by atoms with Gasteiger partial charge in [-0.15, -0.1) is 0 Å². The molecule has 0 spiro atoms. The largest absolute Gasteiger partial charge is 0.673 e. The van der Waals surface area contributed by atoms with Crippen LogP contribution in [0.4, 0.5) is 30.4 Å². The third-order valence-electron chi connectivity index (χ3n) is 6.16. The molecule has 0 fully saturated rings. The summed E-state index contributed by atoms with van der Waals surface area (Å²) in [6.45, 7) is 0. The second-order valence-electron chi connectivity index (χ2n) is 9.24. The molecule has 0 radical (unpaired) electrons. The average molecular weight is 660 g/mol. The molecule has 2 nitrogen and oxygen atoms in total. The molecule has 0 aromatic heterocycles. The van der Waals surface area contributed by atoms with Crippen molar-refractivity contribution in [3.8, 4) is 5.75 Å². The van der Waals surface area contributed by atoms with Crippen LogP contribution in [0.1, 0.15) is 21.5 Å². The predicted molar refractivity (Wildman–Crippen MR) is 164 cm³/mol. The number of halogens is 7. The molecular weight excluding hydrogens is 636 g/mol. The van der Waals surface area contributed by atoms with Gasteiger partial charge in [0.05, 0.1) is 18.0 Å². The smallest absolute Gasteiger partial charge is 0.497 e. The van der Waals surface area contributed by atoms with E-state index in [0.29, 0.717) is 16.9 Å². The lowest BCUT2D eigenvalue weighted by atomic mass is 10.0. The summed E-state index contributed by atoms with van der Waals surface area (Å²) in [4.78, 5) is 16.5. The zero-order valence-electron chi connectivity index (χ0n) is 23.5. The number of benzene rings is 5. The van der Waals surface area contributed by atoms with Crippen molar-refractivity contribution in [3.05, 3.63) is 144 Å². The first-order chi connectivity index (χ1) is 21.3. The van der Waals surface area contributed by atoms with Gasteiger partial charge in [0.15, 0.2) is 20.5 Å². The number of ketones is 1. The fraction of sp³-hybridized carbons (Fsp3) is 0.0606. The van der Waals surface area contributed by atoms with Gasteiger partial charge in [-0.3, -0.25) is 4.79 Å². The lowest BCUT2D eigenvalue weighted by Crippen LogP contribution is -2.14. The van der Waals surface area contributed by atoms with Crippen molar-refractivity contribution in [2.75, 3.05) is 7.11 Å². The zero-order chi connectivity index (χ0) is 32.6. The van der Waals surface area contributed by atoms with Gasteiger partial charge >= 0.3 is 13.4 Å². The first-order valence-electron chi connectivity index (χ1n) is 13.2. The van der Waals surface area contributed by atoms with Gasteiger partial charge in [0.1, 0.15) is 11.3 Å². The topological polar surface area (TPSA) is 26.3 Å². The molecule has 45 heavy (non-hydrogen) atoms. The standard InChI is InChI=1S/C33H24F3O2S2.BF4/c1-38-24-15-19-26(20-16-24)40(31-14-8-6-12-29(31)33(34,35)36)27-21-17-25(18-22-27)39-30-13-7-5-11-28(30)32(37)23-9-3-2-4-10-23;2-1(3,4)5/h2-22H,1H3;/q+1;-1. The summed E-state index contributed by atoms with van der Waals surface area (Å²) in [5, 5.41) is 0. The van der Waals surface area contributed by atoms with Crippen LogP contribution in [-0.4, -0.2) is 20.1 Å². The van der Waals surface area contributed by atoms with Crippen LogP contribution in [0.3, 0.4) is 0 Å². The molecule has 0 saturated heterocycles. The second kappa shape index (κ2) is 14.7. The Morgan fingerprint density at radius 1 is 0.689 bits per heavy atom. The van der Waals surface area contributed by atoms with Crippen LogP contribution in [0.15, 0.2) is 152 Å². The summed E-state index contributed by atoms with van der Waals surface area (Å²) < 4.78 is 86.4. The molecule has 0 amide bonds. The van der Waals surface area contributed by atoms with E-state index in [0.717, 1.165) is 25.6 Å². The molecule has 1 unspecified atom stereocenters. The van der Waals surface area contributed by atoms with E-state index < -0.39 is 29.9 Å². The molecule has 5 rings (SSSR count). The minimum absolute atomic E-state index is 0.0647. The van der Waals surface area contributed by atoms with Crippen molar-refractivity contribution >= 4 is 35.7 Å². The lowest BCUT2D eigenvalue weighted by Gasteiger charge is -2.14. The van der Waals surface area contributed by atoms with Crippen molar-refractivity contribution < 1.29 is 40.0 Å². The second-order valence-corrected chi connectivity index (χ2v) is 12.3. The Kier molecular flexibility index (Phi) is 11.1. The lowest BCUT2D eigenvalue weighted by molar-refractivity contribution is -0.139. The summed E-state index contributed by atoms with van der Waals surface area (Å²) in [6, 6.07) is 36.9. The van der Waals surface area contributed by atoms with Gasteiger partial charge in [0.25, 0.3) is 0 Å². The number of carbonyl (C=O) groups excluding carboxylic acids is 1. The molecule has 0 aliphatic carbocycles. The number of rotatable bonds is 8. The Hall–Kier alpha value is -4.16. The fourth-order valence-electron chi connectivity index (χ4n) is 4.24. The first-order valence-corrected chi connectivity index (χ1v) is 15.3. The van der Waals surface area contributed by atoms with Crippen molar-refractivity contribution in [1.82, 2.24) is 0 Å². The van der Waals surface area contributed by atoms with E-state index in [1.807, 2.05) is 72.8 Å². The van der Waals surface area contributed by atoms with Crippen LogP contribution >= 0.6 is 11.8 Å². The van der Waals surface area contributed by atoms with Gasteiger partial charge in [0.2, 0.25) is 0 Å². The molecule has 0 saturated carbocycles. The number of methoxy groups -OCH3 is 1. The Bertz CT molecular complexity index is 1710. The Morgan fingerprint density at radius 2 is 1.20 bits per heavy atom. The highest BCUT2D eigenvalue weighted by Crippen LogP contribution is 2.41. The van der Waals surface area contributed by atoms with Crippen molar-refractivity contribution in [1.29, 1.82) is 0 Å². The van der Waals surface area contributed by atoms with E-state index in [4.69, 9.17) is 4.74 Å². The van der Waals surface area contributed by atoms with Crippen LogP contribution in [-0.2, 0) is 17.1 Å². The van der Waals surface area contributed by atoms with Crippen LogP contribution in [0.5, 0.6) is 5.75 Å². The van der Waals surface area contributed by atoms with Gasteiger partial charge in [-0.25, -0.2) is 0 Å². The Labute approximate surface area is 262 Å². The number of hydrogen-bond acceptors (Lipinski definition) is 3. The van der Waals surface area contributed by atoms with Gasteiger partial charge in [-0.05, 0) is 72.8 Å². The highest BCUT2D eigenvalue weighted by atomic mass is 32.2. The number of ether oxygens (including phenoxy) is 1. The molecule has 0 heterocycles. The van der Waals surface area contributed by atoms with Gasteiger partial charge in [-0.2, -0.15) is 13.2 Å². The predicted octanol–water partition coefficient (Wildman–Crippen LogP) is 10.5. The third-order valence-corrected chi connectivity index (χ3v) is 9.53. The quantitative estimate of drug-likeness (QED) is 0.0717. The molecule has 0 aliphatic heterocycles. The van der Waals surface area contributed by atoms with E-state index in [1.54, 1.807) is 49.6 Å². The molecule has 5 aromatic rings. The number of hydrogen-bond donors (Lipinski definition) is 0. The van der Waals surface area contributed by atoms with Crippen LogP contribution in [0, 0.1) is 0 Å². The molecule has 0 bridgehead atoms. The van der Waals surface area contributed by atoms with Crippen LogP contribution in [0.25, 0.3) is 0 Å². The van der Waals surface area contributed by atoms with E-state index >= 15 is 0 Å². The normalized spacial score (nSPS) is 12.1. The first kappa shape index (κ1) is 33.7. The summed E-state index contributed by atoms with van der Waals surface area (Å²) in [5.41, 5.74) is 0.554. The minimum Gasteiger partial charge on any atom is -0.497 e. The Morgan fingerprint density at radius 3 is 1.78 bits per heavy atom. The zero-order valence-corrected chi connectivity index (χ0v) is 25.1. The van der Waals surface area contributed by atoms with Crippen LogP contribution in [0.2, 0.25) is 0 Å². The number of carbonyl (C=O) groups is 1. The molecule has 0 N–H and O–H groups in total. The number of alkyl halides is 3. The molecule has 5 aromatic carbocycles. The summed E-state index contributed by atoms with van der Waals surface area (Å²) in [7, 11) is -5.46. The minimum atomic E-state index is -6.00. The monoisotopic (exact) mass is 660 g/mol. The van der Waals surface area contributed by atoms with Gasteiger partial charge in [0, 0.05) is 20.9 Å². The Balaban J connectivity index is 0.000000854. The molecule has 1 atom stereocenters. The maximum Gasteiger partial charge on any atom is 0.673 e. The van der Waals surface area contributed by atoms with E-state index in [-0.39, 0.29) is 10.7 Å².